The average molecular weight is 323 g/mol. The van der Waals surface area contributed by atoms with Gasteiger partial charge in [0.15, 0.2) is 0 Å². The molecule has 0 radical (unpaired) electrons. The topological polar surface area (TPSA) is 104 Å². The number of aliphatic hydroxyl groups is 2. The Morgan fingerprint density at radius 1 is 1.48 bits per heavy atom. The average Bonchev–Trinajstić information content (AvgIpc) is 2.91. The van der Waals surface area contributed by atoms with Gasteiger partial charge in [0, 0.05) is 24.8 Å². The number of hydrogen-bond acceptors (Lipinski definition) is 6. The summed E-state index contributed by atoms with van der Waals surface area (Å²) in [5, 5.41) is 26.0. The first-order chi connectivity index (χ1) is 10.8. The van der Waals surface area contributed by atoms with E-state index in [1.54, 1.807) is 27.0 Å². The standard InChI is InChI=1S/C16H25N3O4/c1-16(2,3)23-15(22)18-7-5-12(20)13(21)11-8-10-4-6-17-14(10)19-9-11/h8-9,12-13,20-21H,4-7H2,1-3H3,(H,17,19)(H,18,22). The highest BCUT2D eigenvalue weighted by Crippen LogP contribution is 2.25. The van der Waals surface area contributed by atoms with Gasteiger partial charge in [0.05, 0.1) is 6.10 Å². The maximum Gasteiger partial charge on any atom is 0.407 e. The van der Waals surface area contributed by atoms with Crippen LogP contribution in [0.4, 0.5) is 10.6 Å². The number of hydrogen-bond donors (Lipinski definition) is 4. The second kappa shape index (κ2) is 7.14. The first-order valence-electron chi connectivity index (χ1n) is 7.82. The van der Waals surface area contributed by atoms with Crippen molar-refractivity contribution >= 4 is 11.9 Å². The molecule has 128 valence electrons. The second-order valence-corrected chi connectivity index (χ2v) is 6.68. The number of rotatable bonds is 5. The van der Waals surface area contributed by atoms with Gasteiger partial charge in [-0.15, -0.1) is 0 Å². The Kier molecular flexibility index (Phi) is 5.43. The van der Waals surface area contributed by atoms with Gasteiger partial charge in [0.1, 0.15) is 17.5 Å². The third kappa shape index (κ3) is 5.07. The number of carbonyl (C=O) groups is 1. The molecule has 1 aliphatic rings. The zero-order valence-electron chi connectivity index (χ0n) is 13.8. The summed E-state index contributed by atoms with van der Waals surface area (Å²) in [5.74, 6) is 0.835. The molecule has 1 aliphatic heterocycles. The van der Waals surface area contributed by atoms with E-state index in [2.05, 4.69) is 15.6 Å². The predicted molar refractivity (Wildman–Crippen MR) is 86.3 cm³/mol. The van der Waals surface area contributed by atoms with Crippen LogP contribution in [0.5, 0.6) is 0 Å². The van der Waals surface area contributed by atoms with Crippen LogP contribution in [0.3, 0.4) is 0 Å². The van der Waals surface area contributed by atoms with E-state index in [9.17, 15) is 15.0 Å². The third-order valence-electron chi connectivity index (χ3n) is 3.49. The highest BCUT2D eigenvalue weighted by Gasteiger charge is 2.22. The van der Waals surface area contributed by atoms with Crippen molar-refractivity contribution in [3.05, 3.63) is 23.4 Å². The fourth-order valence-electron chi connectivity index (χ4n) is 2.37. The fraction of sp³-hybridized carbons (Fsp3) is 0.625. The molecule has 2 unspecified atom stereocenters. The van der Waals surface area contributed by atoms with Crippen LogP contribution in [0, 0.1) is 0 Å². The van der Waals surface area contributed by atoms with Crippen LogP contribution in [-0.4, -0.2) is 46.1 Å². The number of aromatic nitrogens is 1. The first kappa shape index (κ1) is 17.5. The van der Waals surface area contributed by atoms with E-state index in [0.717, 1.165) is 24.3 Å². The Hall–Kier alpha value is -1.86. The number of nitrogens with one attached hydrogen (secondary N) is 2. The molecule has 0 spiro atoms. The van der Waals surface area contributed by atoms with E-state index < -0.39 is 23.9 Å². The molecular formula is C16H25N3O4. The molecule has 1 aromatic heterocycles. The highest BCUT2D eigenvalue weighted by atomic mass is 16.6. The highest BCUT2D eigenvalue weighted by molar-refractivity contribution is 5.67. The van der Waals surface area contributed by atoms with Crippen molar-refractivity contribution in [1.82, 2.24) is 10.3 Å². The van der Waals surface area contributed by atoms with Crippen molar-refractivity contribution in [2.45, 2.75) is 51.4 Å². The Balaban J connectivity index is 1.81. The number of pyridine rings is 1. The summed E-state index contributed by atoms with van der Waals surface area (Å²) in [6.07, 6.45) is 0.0822. The Bertz CT molecular complexity index is 557. The molecule has 7 nitrogen and oxygen atoms in total. The lowest BCUT2D eigenvalue weighted by atomic mass is 10.0. The molecule has 1 amide bonds. The number of anilines is 1. The minimum Gasteiger partial charge on any atom is -0.444 e. The molecule has 0 fully saturated rings. The monoisotopic (exact) mass is 323 g/mol. The molecule has 0 saturated carbocycles. The number of alkyl carbamates (subject to hydrolysis) is 1. The zero-order chi connectivity index (χ0) is 17.0. The van der Waals surface area contributed by atoms with Crippen molar-refractivity contribution in [1.29, 1.82) is 0 Å². The molecule has 0 aromatic carbocycles. The molecule has 0 aliphatic carbocycles. The maximum atomic E-state index is 11.5. The van der Waals surface area contributed by atoms with Gasteiger partial charge >= 0.3 is 6.09 Å². The molecule has 0 saturated heterocycles. The van der Waals surface area contributed by atoms with Crippen LogP contribution < -0.4 is 10.6 Å². The molecular weight excluding hydrogens is 298 g/mol. The number of aliphatic hydroxyl groups excluding tert-OH is 2. The summed E-state index contributed by atoms with van der Waals surface area (Å²) in [6, 6.07) is 1.86. The van der Waals surface area contributed by atoms with Crippen LogP contribution in [-0.2, 0) is 11.2 Å². The van der Waals surface area contributed by atoms with E-state index in [4.69, 9.17) is 4.74 Å². The first-order valence-corrected chi connectivity index (χ1v) is 7.82. The fourth-order valence-corrected chi connectivity index (χ4v) is 2.37. The molecule has 2 rings (SSSR count). The number of nitrogens with zero attached hydrogens (tertiary/aromatic N) is 1. The summed E-state index contributed by atoms with van der Waals surface area (Å²) in [4.78, 5) is 15.8. The zero-order valence-corrected chi connectivity index (χ0v) is 13.8. The number of carbonyl (C=O) groups excluding carboxylic acids is 1. The van der Waals surface area contributed by atoms with Gasteiger partial charge < -0.3 is 25.6 Å². The summed E-state index contributed by atoms with van der Waals surface area (Å²) < 4.78 is 5.10. The molecule has 4 N–H and O–H groups in total. The van der Waals surface area contributed by atoms with Gasteiger partial charge in [0.2, 0.25) is 0 Å². The van der Waals surface area contributed by atoms with E-state index in [1.165, 1.54) is 0 Å². The summed E-state index contributed by atoms with van der Waals surface area (Å²) in [5.41, 5.74) is 1.06. The predicted octanol–water partition coefficient (Wildman–Crippen LogP) is 1.36. The number of fused-ring (bicyclic) bond motifs is 1. The van der Waals surface area contributed by atoms with E-state index in [0.29, 0.717) is 5.56 Å². The Labute approximate surface area is 136 Å². The van der Waals surface area contributed by atoms with Crippen LogP contribution in [0.2, 0.25) is 0 Å². The molecule has 0 bridgehead atoms. The molecule has 2 heterocycles. The summed E-state index contributed by atoms with van der Waals surface area (Å²) in [7, 11) is 0. The minimum atomic E-state index is -1.03. The van der Waals surface area contributed by atoms with Crippen LogP contribution >= 0.6 is 0 Å². The van der Waals surface area contributed by atoms with Crippen molar-refractivity contribution < 1.29 is 19.7 Å². The van der Waals surface area contributed by atoms with Crippen molar-refractivity contribution in [3.63, 3.8) is 0 Å². The van der Waals surface area contributed by atoms with E-state index >= 15 is 0 Å². The number of amides is 1. The lowest BCUT2D eigenvalue weighted by Gasteiger charge is -2.21. The number of ether oxygens (including phenoxy) is 1. The van der Waals surface area contributed by atoms with Gasteiger partial charge in [-0.05, 0) is 45.2 Å². The lowest BCUT2D eigenvalue weighted by Crippen LogP contribution is -2.34. The Morgan fingerprint density at radius 2 is 2.22 bits per heavy atom. The smallest absolute Gasteiger partial charge is 0.407 e. The van der Waals surface area contributed by atoms with Gasteiger partial charge in [-0.3, -0.25) is 0 Å². The molecule has 1 aromatic rings. The Morgan fingerprint density at radius 3 is 2.91 bits per heavy atom. The van der Waals surface area contributed by atoms with Crippen LogP contribution in [0.15, 0.2) is 12.3 Å². The normalized spacial score (nSPS) is 16.2. The van der Waals surface area contributed by atoms with Crippen molar-refractivity contribution in [2.75, 3.05) is 18.4 Å². The SMILES string of the molecule is CC(C)(C)OC(=O)NCCC(O)C(O)c1cnc2c(c1)CCN2. The van der Waals surface area contributed by atoms with Gasteiger partial charge in [0.25, 0.3) is 0 Å². The van der Waals surface area contributed by atoms with Gasteiger partial charge in [-0.2, -0.15) is 0 Å². The van der Waals surface area contributed by atoms with Crippen molar-refractivity contribution in [2.24, 2.45) is 0 Å². The molecule has 7 heteroatoms. The van der Waals surface area contributed by atoms with Gasteiger partial charge in [-0.1, -0.05) is 0 Å². The summed E-state index contributed by atoms with van der Waals surface area (Å²) >= 11 is 0. The van der Waals surface area contributed by atoms with Crippen molar-refractivity contribution in [3.8, 4) is 0 Å². The second-order valence-electron chi connectivity index (χ2n) is 6.68. The summed E-state index contributed by atoms with van der Waals surface area (Å²) in [6.45, 7) is 6.39. The molecule has 2 atom stereocenters. The van der Waals surface area contributed by atoms with E-state index in [1.807, 2.05) is 6.07 Å². The lowest BCUT2D eigenvalue weighted by molar-refractivity contribution is 0.0121. The third-order valence-corrected chi connectivity index (χ3v) is 3.49. The minimum absolute atomic E-state index is 0.215. The van der Waals surface area contributed by atoms with Gasteiger partial charge in [-0.25, -0.2) is 9.78 Å². The largest absolute Gasteiger partial charge is 0.444 e. The van der Waals surface area contributed by atoms with Crippen LogP contribution in [0.1, 0.15) is 44.4 Å². The molecule has 23 heavy (non-hydrogen) atoms. The van der Waals surface area contributed by atoms with Crippen LogP contribution in [0.25, 0.3) is 0 Å². The van der Waals surface area contributed by atoms with E-state index in [-0.39, 0.29) is 13.0 Å². The quantitative estimate of drug-likeness (QED) is 0.652. The maximum absolute atomic E-state index is 11.5.